The fraction of sp³-hybridized carbons (Fsp3) is 0.407. The van der Waals surface area contributed by atoms with Crippen LogP contribution in [0.15, 0.2) is 156 Å². The first-order valence-corrected chi connectivity index (χ1v) is 48.3. The van der Waals surface area contributed by atoms with Crippen LogP contribution in [0.2, 0.25) is 0 Å². The number of piperidine rings is 4. The van der Waals surface area contributed by atoms with Crippen LogP contribution in [0.4, 0.5) is 0 Å². The smallest absolute Gasteiger partial charge is 0.307 e. The van der Waals surface area contributed by atoms with E-state index < -0.39 is 59.1 Å². The van der Waals surface area contributed by atoms with Crippen molar-refractivity contribution in [3.8, 4) is 35.7 Å². The first-order valence-electron chi connectivity index (χ1n) is 47.5. The molecule has 5 fully saturated rings. The van der Waals surface area contributed by atoms with Gasteiger partial charge in [0.25, 0.3) is 23.6 Å². The second-order valence-corrected chi connectivity index (χ2v) is 38.4. The van der Waals surface area contributed by atoms with Crippen molar-refractivity contribution in [2.75, 3.05) is 39.3 Å². The molecule has 140 heavy (non-hydrogen) atoms. The first kappa shape index (κ1) is 105. The van der Waals surface area contributed by atoms with Crippen LogP contribution in [0.25, 0.3) is 11.1 Å². The molecule has 31 nitrogen and oxygen atoms in total. The van der Waals surface area contributed by atoms with E-state index in [2.05, 4.69) is 103 Å². The van der Waals surface area contributed by atoms with Crippen LogP contribution in [-0.2, 0) is 106 Å². The van der Waals surface area contributed by atoms with Gasteiger partial charge in [0.05, 0.1) is 12.8 Å². The molecule has 0 aromatic heterocycles. The van der Waals surface area contributed by atoms with Gasteiger partial charge in [0.2, 0.25) is 53.2 Å². The number of ether oxygens (including phenoxy) is 3. The van der Waals surface area contributed by atoms with Crippen LogP contribution in [0.5, 0.6) is 11.5 Å². The molecule has 5 saturated heterocycles. The van der Waals surface area contributed by atoms with Gasteiger partial charge in [-0.25, -0.2) is 0 Å². The lowest BCUT2D eigenvalue weighted by atomic mass is 9.88. The highest BCUT2D eigenvalue weighted by Crippen LogP contribution is 2.38. The topological polar surface area (TPSA) is 409 Å². The molecule has 0 aliphatic carbocycles. The molecule has 0 spiro atoms. The molecule has 4 unspecified atom stereocenters. The van der Waals surface area contributed by atoms with Crippen molar-refractivity contribution in [3.05, 3.63) is 234 Å². The van der Waals surface area contributed by atoms with E-state index in [0.717, 1.165) is 124 Å². The number of aryl methyl sites for hydroxylation is 2. The standard InChI is InChI=1S/C46H50N4O6.C22H24N2O5.C18H20N2O5.C13H11BrN2O3.C9H14O2/c1-2-39(33-9-4-3-5-10-33)44(34-13-17-37(51)18-14-34)35-15-19-38(20-16-35)56-29-28-48-24-26-49(27-25-48)43(53)11-7-6-8-32-12-21-40-36(30-32)31-50(46(40)55)41-22-23-42(52)47-45(41)54;1-22(2,3)29-19(26)7-5-4-6-14-8-9-16-15(12-14)13-24(21(16)28)17-10-11-18(25)23-20(17)27;21-15-8-7-14(17(24)19-15)20-10-12-9-11(3-1-2-4-16(22)23)5-6-13(12)18(20)25;14-8-1-2-9-7(5-8)6-16(13(9)19)10-3-4-11(17)15-12(10)18;1-5-6-7-8(10)11-9(2,3)4/h3-5,9-10,12-21,30,41,51H,2,6-8,11,22-29,31H2,1H3,(H,47,52,54);8-9,12,17H,5,7,10-11,13H2,1-3H3,(H,23,25,27);5-6,9,14H,1-4,7-8,10H2,(H,22,23)(H,19,21,24);1-2,5,10H,3-4,6H2,(H,15,17,18);1H,6-7H2,2-4H3. The molecule has 32 heteroatoms. The van der Waals surface area contributed by atoms with Gasteiger partial charge in [-0.1, -0.05) is 114 Å². The van der Waals surface area contributed by atoms with Crippen molar-refractivity contribution in [3.63, 3.8) is 0 Å². The molecular formula is C108H119BrN10O21. The number of nitrogens with zero attached hydrogens (tertiary/aromatic N) is 6. The number of nitrogens with one attached hydrogen (secondary N) is 4. The Kier molecular flexibility index (Phi) is 36.2. The number of allylic oxidation sites excluding steroid dienone is 1. The maximum atomic E-state index is 13.0. The van der Waals surface area contributed by atoms with Gasteiger partial charge in [0, 0.05) is 143 Å². The third-order valence-corrected chi connectivity index (χ3v) is 25.4. The fourth-order valence-electron chi connectivity index (χ4n) is 18.0. The number of carboxylic acids is 1. The van der Waals surface area contributed by atoms with Crippen molar-refractivity contribution in [2.24, 2.45) is 0 Å². The molecule has 9 heterocycles. The molecule has 0 saturated carbocycles. The van der Waals surface area contributed by atoms with Gasteiger partial charge >= 0.3 is 17.9 Å². The van der Waals surface area contributed by atoms with Crippen molar-refractivity contribution in [2.45, 2.75) is 245 Å². The predicted molar refractivity (Wildman–Crippen MR) is 522 cm³/mol. The second-order valence-electron chi connectivity index (χ2n) is 37.5. The number of carboxylic acid groups (broad SMARTS) is 1. The number of aromatic hydroxyl groups is 1. The van der Waals surface area contributed by atoms with Crippen LogP contribution in [0, 0.1) is 24.2 Å². The summed E-state index contributed by atoms with van der Waals surface area (Å²) in [5, 5.41) is 27.8. The number of unbranched alkanes of at least 4 members (excludes halogenated alkanes) is 2. The Balaban J connectivity index is 0.000000175. The summed E-state index contributed by atoms with van der Waals surface area (Å²) in [6.07, 6.45) is 14.9. The number of aliphatic carboxylic acids is 1. The summed E-state index contributed by atoms with van der Waals surface area (Å²) in [4.78, 5) is 201. The minimum Gasteiger partial charge on any atom is -0.508 e. The van der Waals surface area contributed by atoms with E-state index in [0.29, 0.717) is 126 Å². The number of amides is 13. The van der Waals surface area contributed by atoms with Gasteiger partial charge < -0.3 is 48.9 Å². The number of rotatable bonds is 26. The van der Waals surface area contributed by atoms with Gasteiger partial charge in [-0.05, 0) is 246 Å². The van der Waals surface area contributed by atoms with E-state index in [9.17, 15) is 81.8 Å². The van der Waals surface area contributed by atoms with Crippen molar-refractivity contribution < 1.29 is 101 Å². The number of hydrogen-bond acceptors (Lipinski definition) is 21. The Morgan fingerprint density at radius 2 is 0.871 bits per heavy atom. The summed E-state index contributed by atoms with van der Waals surface area (Å²) in [5.41, 5.74) is 13.6. The molecule has 734 valence electrons. The summed E-state index contributed by atoms with van der Waals surface area (Å²) in [6.45, 7) is 19.0. The largest absolute Gasteiger partial charge is 0.508 e. The highest BCUT2D eigenvalue weighted by Gasteiger charge is 2.44. The lowest BCUT2D eigenvalue weighted by Crippen LogP contribution is -2.52. The number of imide groups is 4. The number of phenolic OH excluding ortho intramolecular Hbond substituents is 1. The molecule has 0 radical (unpaired) electrons. The van der Waals surface area contributed by atoms with Crippen LogP contribution >= 0.6 is 15.9 Å². The Morgan fingerprint density at radius 3 is 1.29 bits per heavy atom. The third kappa shape index (κ3) is 28.7. The zero-order chi connectivity index (χ0) is 101. The van der Waals surface area contributed by atoms with Gasteiger partial charge in [-0.2, -0.15) is 0 Å². The van der Waals surface area contributed by atoms with Crippen LogP contribution in [0.3, 0.4) is 0 Å². The number of carbonyl (C=O) groups is 16. The molecular weight excluding hydrogens is 1850 g/mol. The van der Waals surface area contributed by atoms with Crippen molar-refractivity contribution >= 4 is 122 Å². The monoisotopic (exact) mass is 1970 g/mol. The van der Waals surface area contributed by atoms with Gasteiger partial charge in [0.1, 0.15) is 53.5 Å². The highest BCUT2D eigenvalue weighted by molar-refractivity contribution is 9.10. The Labute approximate surface area is 822 Å². The minimum absolute atomic E-state index is 0.142. The number of hydrogen-bond donors (Lipinski definition) is 6. The number of esters is 2. The third-order valence-electron chi connectivity index (χ3n) is 24.9. The van der Waals surface area contributed by atoms with Crippen LogP contribution in [-0.4, -0.2) is 209 Å². The fourth-order valence-corrected chi connectivity index (χ4v) is 18.4. The molecule has 7 aromatic rings. The Hall–Kier alpha value is -14.2. The van der Waals surface area contributed by atoms with E-state index in [1.165, 1.54) is 20.9 Å². The highest BCUT2D eigenvalue weighted by atomic mass is 79.9. The molecule has 0 bridgehead atoms. The number of benzene rings is 7. The molecule has 9 aliphatic heterocycles. The van der Waals surface area contributed by atoms with E-state index >= 15 is 0 Å². The number of halogens is 1. The summed E-state index contributed by atoms with van der Waals surface area (Å²) in [6, 6.07) is 45.9. The average molecular weight is 1970 g/mol. The molecule has 13 amide bonds. The summed E-state index contributed by atoms with van der Waals surface area (Å²) >= 11 is 3.37. The van der Waals surface area contributed by atoms with E-state index in [4.69, 9.17) is 25.7 Å². The SMILES string of the molecule is C#CCCC(=O)OC(C)(C)C.CC(C)(C)OC(=O)CCC#Cc1ccc2c(c1)CN(C1CCC(=O)NC1=O)C2=O.CCC(=C(c1ccc(O)cc1)c1ccc(OCCN2CCN(C(=O)CCCCc3ccc4c(c3)CN(C3CCC(=O)NC3=O)C4=O)CC2)cc1)c1ccccc1.O=C(O)CCCCc1ccc2c(c1)CN(C1CCC(=O)NC1=O)C2=O.O=C1CCC(N2Cc3cc(Br)ccc3C2=O)C(=O)N1. The number of carbonyl (C=O) groups excluding carboxylic acids is 15. The quantitative estimate of drug-likeness (QED) is 0.00964. The van der Waals surface area contributed by atoms with E-state index in [-0.39, 0.29) is 115 Å². The van der Waals surface area contributed by atoms with Crippen LogP contribution in [0.1, 0.15) is 268 Å². The lowest BCUT2D eigenvalue weighted by molar-refractivity contribution is -0.155. The maximum absolute atomic E-state index is 13.0. The normalized spacial score (nSPS) is 18.4. The van der Waals surface area contributed by atoms with Gasteiger partial charge in [-0.3, -0.25) is 103 Å². The summed E-state index contributed by atoms with van der Waals surface area (Å²) in [7, 11) is 0. The van der Waals surface area contributed by atoms with Crippen molar-refractivity contribution in [1.82, 2.24) is 50.7 Å². The molecule has 6 N–H and O–H groups in total. The van der Waals surface area contributed by atoms with Gasteiger partial charge in [-0.15, -0.1) is 12.3 Å². The number of phenols is 1. The molecule has 9 aliphatic rings. The zero-order valence-electron chi connectivity index (χ0n) is 80.0. The number of piperazine rings is 1. The Morgan fingerprint density at radius 1 is 0.464 bits per heavy atom. The first-order chi connectivity index (χ1) is 66.9. The minimum atomic E-state index is -0.792. The van der Waals surface area contributed by atoms with Crippen LogP contribution < -0.4 is 26.0 Å². The summed E-state index contributed by atoms with van der Waals surface area (Å²) < 4.78 is 17.3. The summed E-state index contributed by atoms with van der Waals surface area (Å²) in [5.74, 6) is 4.82. The molecule has 7 aromatic carbocycles. The average Bonchev–Trinajstić information content (AvgIpc) is 1.56. The second kappa shape index (κ2) is 48.4. The predicted octanol–water partition coefficient (Wildman–Crippen LogP) is 12.6. The zero-order valence-corrected chi connectivity index (χ0v) is 81.5. The molecule has 4 atom stereocenters. The Bertz CT molecular complexity index is 6030. The maximum Gasteiger partial charge on any atom is 0.307 e. The molecule has 16 rings (SSSR count). The van der Waals surface area contributed by atoms with Crippen molar-refractivity contribution in [1.29, 1.82) is 0 Å². The number of fused-ring (bicyclic) bond motifs is 4. The van der Waals surface area contributed by atoms with E-state index in [1.807, 2.05) is 125 Å². The number of terminal acetylenes is 1. The van der Waals surface area contributed by atoms with E-state index in [1.54, 1.807) is 46.2 Å². The van der Waals surface area contributed by atoms with Gasteiger partial charge in [0.15, 0.2) is 0 Å². The lowest BCUT2D eigenvalue weighted by Gasteiger charge is -2.34.